The van der Waals surface area contributed by atoms with Crippen molar-refractivity contribution in [1.29, 1.82) is 0 Å². The third-order valence-corrected chi connectivity index (χ3v) is 5.12. The lowest BCUT2D eigenvalue weighted by molar-refractivity contribution is -0.140. The lowest BCUT2D eigenvalue weighted by atomic mass is 10.1. The number of nitrogens with zero attached hydrogens (tertiary/aromatic N) is 2. The maximum absolute atomic E-state index is 12.5. The van der Waals surface area contributed by atoms with Gasteiger partial charge in [-0.2, -0.15) is 4.99 Å². The zero-order valence-corrected chi connectivity index (χ0v) is 15.2. The molecule has 0 fully saturated rings. The van der Waals surface area contributed by atoms with Gasteiger partial charge < -0.3 is 14.8 Å². The fourth-order valence-electron chi connectivity index (χ4n) is 2.72. The Balaban J connectivity index is 2.22. The summed E-state index contributed by atoms with van der Waals surface area (Å²) in [6.45, 7) is 3.68. The van der Waals surface area contributed by atoms with E-state index in [-0.39, 0.29) is 5.75 Å². The highest BCUT2D eigenvalue weighted by atomic mass is 32.1. The first-order chi connectivity index (χ1) is 12.4. The van der Waals surface area contributed by atoms with Crippen molar-refractivity contribution in [1.82, 2.24) is 4.57 Å². The van der Waals surface area contributed by atoms with E-state index in [0.717, 1.165) is 10.3 Å². The first-order valence-corrected chi connectivity index (χ1v) is 8.95. The molecule has 0 spiro atoms. The van der Waals surface area contributed by atoms with E-state index in [1.54, 1.807) is 25.1 Å². The molecule has 0 bridgehead atoms. The van der Waals surface area contributed by atoms with Gasteiger partial charge in [0.25, 0.3) is 5.91 Å². The van der Waals surface area contributed by atoms with Crippen molar-refractivity contribution in [2.45, 2.75) is 26.3 Å². The normalized spacial score (nSPS) is 13.1. The van der Waals surface area contributed by atoms with Crippen molar-refractivity contribution < 1.29 is 19.8 Å². The molecule has 3 rings (SSSR count). The fraction of sp³-hybridized carbons (Fsp3) is 0.211. The number of carbonyl (C=O) groups is 2. The fourth-order valence-corrected chi connectivity index (χ4v) is 3.77. The number of hydrogen-bond donors (Lipinski definition) is 2. The van der Waals surface area contributed by atoms with E-state index in [0.29, 0.717) is 22.3 Å². The zero-order chi connectivity index (χ0) is 18.8. The number of aryl methyl sites for hydroxylation is 1. The molecule has 0 saturated heterocycles. The molecule has 2 N–H and O–H groups in total. The van der Waals surface area contributed by atoms with Crippen LogP contribution in [0.4, 0.5) is 0 Å². The highest BCUT2D eigenvalue weighted by Gasteiger charge is 2.22. The van der Waals surface area contributed by atoms with E-state index in [9.17, 15) is 19.8 Å². The standard InChI is InChI=1S/C19H18N2O4S/c1-3-14(18(24)25)21-15-10-13(22)8-9-16(15)26-19(21)20-17(23)12-6-4-11(2)5-7-12/h4-10,14,22H,3H2,1-2H3,(H,24,25)/b20-19-. The van der Waals surface area contributed by atoms with Gasteiger partial charge in [0, 0.05) is 11.6 Å². The third-order valence-electron chi connectivity index (χ3n) is 4.09. The number of hydrogen-bond acceptors (Lipinski definition) is 4. The Kier molecular flexibility index (Phi) is 4.90. The molecule has 1 heterocycles. The Bertz CT molecular complexity index is 1050. The van der Waals surface area contributed by atoms with E-state index < -0.39 is 17.9 Å². The van der Waals surface area contributed by atoms with E-state index in [1.807, 2.05) is 19.1 Å². The lowest BCUT2D eigenvalue weighted by Gasteiger charge is -2.13. The molecule has 2 aromatic carbocycles. The third kappa shape index (κ3) is 3.39. The number of carbonyl (C=O) groups excluding carboxylic acids is 1. The summed E-state index contributed by atoms with van der Waals surface area (Å²) >= 11 is 1.22. The molecule has 26 heavy (non-hydrogen) atoms. The van der Waals surface area contributed by atoms with E-state index in [4.69, 9.17) is 0 Å². The molecular formula is C19H18N2O4S. The topological polar surface area (TPSA) is 91.9 Å². The van der Waals surface area contributed by atoms with E-state index in [2.05, 4.69) is 4.99 Å². The quantitative estimate of drug-likeness (QED) is 0.735. The molecule has 3 aromatic rings. The second-order valence-electron chi connectivity index (χ2n) is 5.95. The highest BCUT2D eigenvalue weighted by Crippen LogP contribution is 2.26. The molecule has 0 aliphatic rings. The molecule has 1 aromatic heterocycles. The SMILES string of the molecule is CCC(C(=O)O)n1/c(=N/C(=O)c2ccc(C)cc2)sc2ccc(O)cc21. The summed E-state index contributed by atoms with van der Waals surface area (Å²) in [5.74, 6) is -1.42. The van der Waals surface area contributed by atoms with Gasteiger partial charge in [-0.1, -0.05) is 36.0 Å². The molecule has 6 nitrogen and oxygen atoms in total. The molecule has 134 valence electrons. The average molecular weight is 370 g/mol. The number of carboxylic acid groups (broad SMARTS) is 1. The molecule has 1 amide bonds. The molecule has 1 atom stereocenters. The Morgan fingerprint density at radius 3 is 2.50 bits per heavy atom. The number of aromatic nitrogens is 1. The van der Waals surface area contributed by atoms with Gasteiger partial charge in [-0.15, -0.1) is 0 Å². The number of thiazole rings is 1. The van der Waals surface area contributed by atoms with Crippen molar-refractivity contribution in [3.63, 3.8) is 0 Å². The maximum atomic E-state index is 12.5. The van der Waals surface area contributed by atoms with Crippen molar-refractivity contribution in [3.05, 3.63) is 58.4 Å². The van der Waals surface area contributed by atoms with Crippen LogP contribution in [0.15, 0.2) is 47.5 Å². The first-order valence-electron chi connectivity index (χ1n) is 8.13. The zero-order valence-electron chi connectivity index (χ0n) is 14.3. The second-order valence-corrected chi connectivity index (χ2v) is 6.96. The van der Waals surface area contributed by atoms with E-state index in [1.165, 1.54) is 28.0 Å². The number of amides is 1. The van der Waals surface area contributed by atoms with Gasteiger partial charge in [0.2, 0.25) is 0 Å². The smallest absolute Gasteiger partial charge is 0.326 e. The van der Waals surface area contributed by atoms with Crippen molar-refractivity contribution in [3.8, 4) is 5.75 Å². The van der Waals surface area contributed by atoms with Crippen LogP contribution in [0.3, 0.4) is 0 Å². The van der Waals surface area contributed by atoms with Gasteiger partial charge in [0.15, 0.2) is 4.80 Å². The van der Waals surface area contributed by atoms with Crippen LogP contribution >= 0.6 is 11.3 Å². The second kappa shape index (κ2) is 7.13. The molecular weight excluding hydrogens is 352 g/mol. The molecule has 1 unspecified atom stereocenters. The Labute approximate surface area is 153 Å². The van der Waals surface area contributed by atoms with Crippen LogP contribution in [0.2, 0.25) is 0 Å². The summed E-state index contributed by atoms with van der Waals surface area (Å²) in [6.07, 6.45) is 0.322. The number of aliphatic carboxylic acids is 1. The van der Waals surface area contributed by atoms with Crippen LogP contribution in [0.5, 0.6) is 5.75 Å². The Morgan fingerprint density at radius 1 is 1.19 bits per heavy atom. The summed E-state index contributed by atoms with van der Waals surface area (Å²) in [7, 11) is 0. The van der Waals surface area contributed by atoms with Crippen LogP contribution < -0.4 is 4.80 Å². The molecule has 7 heteroatoms. The van der Waals surface area contributed by atoms with Crippen LogP contribution in [-0.4, -0.2) is 26.7 Å². The van der Waals surface area contributed by atoms with Crippen molar-refractivity contribution in [2.75, 3.05) is 0 Å². The van der Waals surface area contributed by atoms with Gasteiger partial charge in [-0.25, -0.2) is 4.79 Å². The van der Waals surface area contributed by atoms with Gasteiger partial charge in [-0.05, 0) is 37.6 Å². The highest BCUT2D eigenvalue weighted by molar-refractivity contribution is 7.16. The minimum atomic E-state index is -1.01. The van der Waals surface area contributed by atoms with Crippen LogP contribution in [-0.2, 0) is 4.79 Å². The molecule has 0 aliphatic carbocycles. The van der Waals surface area contributed by atoms with E-state index >= 15 is 0 Å². The summed E-state index contributed by atoms with van der Waals surface area (Å²) in [5.41, 5.74) is 2.01. The summed E-state index contributed by atoms with van der Waals surface area (Å²) in [6, 6.07) is 10.9. The van der Waals surface area contributed by atoms with Crippen LogP contribution in [0.25, 0.3) is 10.2 Å². The van der Waals surface area contributed by atoms with Crippen LogP contribution in [0, 0.1) is 6.92 Å². The summed E-state index contributed by atoms with van der Waals surface area (Å²) in [4.78, 5) is 28.7. The predicted octanol–water partition coefficient (Wildman–Crippen LogP) is 3.49. The number of rotatable bonds is 4. The Hall–Kier alpha value is -2.93. The Morgan fingerprint density at radius 2 is 1.88 bits per heavy atom. The number of aromatic hydroxyl groups is 1. The molecule has 0 radical (unpaired) electrons. The number of benzene rings is 2. The van der Waals surface area contributed by atoms with Crippen LogP contribution in [0.1, 0.15) is 35.3 Å². The summed E-state index contributed by atoms with van der Waals surface area (Å²) < 4.78 is 2.26. The minimum absolute atomic E-state index is 0.0284. The van der Waals surface area contributed by atoms with Crippen molar-refractivity contribution >= 4 is 33.4 Å². The maximum Gasteiger partial charge on any atom is 0.326 e. The van der Waals surface area contributed by atoms with Gasteiger partial charge in [-0.3, -0.25) is 4.79 Å². The average Bonchev–Trinajstić information content (AvgIpc) is 2.93. The monoisotopic (exact) mass is 370 g/mol. The number of phenolic OH excluding ortho intramolecular Hbond substituents is 1. The van der Waals surface area contributed by atoms with Crippen molar-refractivity contribution in [2.24, 2.45) is 4.99 Å². The first kappa shape index (κ1) is 17.9. The molecule has 0 aliphatic heterocycles. The minimum Gasteiger partial charge on any atom is -0.508 e. The van der Waals surface area contributed by atoms with Gasteiger partial charge in [0.05, 0.1) is 10.2 Å². The molecule has 0 saturated carbocycles. The summed E-state index contributed by atoms with van der Waals surface area (Å²) in [5, 5.41) is 19.4. The largest absolute Gasteiger partial charge is 0.508 e. The number of phenols is 1. The lowest BCUT2D eigenvalue weighted by Crippen LogP contribution is -2.27. The van der Waals surface area contributed by atoms with Gasteiger partial charge in [0.1, 0.15) is 11.8 Å². The number of carboxylic acids is 1. The van der Waals surface area contributed by atoms with Gasteiger partial charge >= 0.3 is 5.97 Å². The number of fused-ring (bicyclic) bond motifs is 1. The predicted molar refractivity (Wildman–Crippen MR) is 99.5 cm³/mol.